The maximum atomic E-state index is 13.8. The monoisotopic (exact) mass is 530 g/mol. The second-order valence-corrected chi connectivity index (χ2v) is 7.09. The second kappa shape index (κ2) is 12.6. The molecule has 0 unspecified atom stereocenters. The van der Waals surface area contributed by atoms with Gasteiger partial charge in [-0.15, -0.1) is 0 Å². The fraction of sp³-hybridized carbons (Fsp3) is 0.364. The second-order valence-electron chi connectivity index (χ2n) is 7.09. The van der Waals surface area contributed by atoms with Gasteiger partial charge in [-0.1, -0.05) is 0 Å². The summed E-state index contributed by atoms with van der Waals surface area (Å²) in [5, 5.41) is 0. The van der Waals surface area contributed by atoms with E-state index in [4.69, 9.17) is 9.47 Å². The van der Waals surface area contributed by atoms with E-state index in [1.807, 2.05) is 0 Å². The largest absolute Gasteiger partial charge is 0.423 e. The van der Waals surface area contributed by atoms with E-state index in [0.717, 1.165) is 13.8 Å². The Morgan fingerprint density at radius 1 is 0.500 bits per heavy atom. The third-order valence-corrected chi connectivity index (χ3v) is 4.59. The third-order valence-electron chi connectivity index (χ3n) is 4.59. The summed E-state index contributed by atoms with van der Waals surface area (Å²) in [6, 6.07) is 0. The van der Waals surface area contributed by atoms with Crippen LogP contribution in [-0.4, -0.2) is 38.4 Å². The molecule has 0 aliphatic rings. The highest BCUT2D eigenvalue weighted by molar-refractivity contribution is 5.73. The molecule has 0 saturated heterocycles. The van der Waals surface area contributed by atoms with E-state index in [1.165, 1.54) is 0 Å². The Kier molecular flexibility index (Phi) is 10.2. The first-order chi connectivity index (χ1) is 16.9. The normalized spacial score (nSPS) is 11.1. The van der Waals surface area contributed by atoms with Crippen LogP contribution in [0.2, 0.25) is 0 Å². The highest BCUT2D eigenvalue weighted by atomic mass is 19.2. The molecule has 6 nitrogen and oxygen atoms in total. The van der Waals surface area contributed by atoms with Crippen molar-refractivity contribution >= 4 is 11.9 Å². The number of carbonyl (C=O) groups excluding carboxylic acids is 2. The molecule has 2 rings (SSSR count). The molecular formula is C22H18F8O6. The lowest BCUT2D eigenvalue weighted by atomic mass is 10.2. The molecule has 0 aromatic heterocycles. The molecule has 2 aromatic rings. The molecule has 0 aliphatic carbocycles. The fourth-order valence-corrected chi connectivity index (χ4v) is 2.62. The molecule has 0 spiro atoms. The van der Waals surface area contributed by atoms with Crippen molar-refractivity contribution in [1.29, 1.82) is 0 Å². The molecule has 0 aliphatic heterocycles. The van der Waals surface area contributed by atoms with Crippen LogP contribution in [0, 0.1) is 60.4 Å². The van der Waals surface area contributed by atoms with Gasteiger partial charge in [-0.2, -0.15) is 8.78 Å². The number of rotatable bonds is 11. The Morgan fingerprint density at radius 2 is 0.889 bits per heavy atom. The van der Waals surface area contributed by atoms with Crippen LogP contribution in [-0.2, 0) is 19.1 Å². The van der Waals surface area contributed by atoms with Crippen LogP contribution in [0.1, 0.15) is 24.0 Å². The van der Waals surface area contributed by atoms with Crippen molar-refractivity contribution in [3.05, 3.63) is 57.7 Å². The van der Waals surface area contributed by atoms with Crippen LogP contribution < -0.4 is 9.47 Å². The Bertz CT molecular complexity index is 1010. The summed E-state index contributed by atoms with van der Waals surface area (Å²) in [5.41, 5.74) is -1.61. The zero-order chi connectivity index (χ0) is 27.2. The van der Waals surface area contributed by atoms with Crippen molar-refractivity contribution in [2.45, 2.75) is 26.7 Å². The zero-order valence-corrected chi connectivity index (χ0v) is 18.7. The number of ether oxygens (including phenoxy) is 4. The molecule has 0 bridgehead atoms. The summed E-state index contributed by atoms with van der Waals surface area (Å²) >= 11 is 0. The van der Waals surface area contributed by atoms with Crippen LogP contribution in [0.5, 0.6) is 11.5 Å². The van der Waals surface area contributed by atoms with E-state index in [0.29, 0.717) is 0 Å². The molecule has 0 saturated carbocycles. The van der Waals surface area contributed by atoms with Gasteiger partial charge in [0.15, 0.2) is 34.8 Å². The lowest BCUT2D eigenvalue weighted by Gasteiger charge is -2.11. The number of hydrogen-bond donors (Lipinski definition) is 0. The summed E-state index contributed by atoms with van der Waals surface area (Å²) < 4.78 is 127. The van der Waals surface area contributed by atoms with Crippen molar-refractivity contribution in [3.63, 3.8) is 0 Å². The first-order valence-corrected chi connectivity index (χ1v) is 10.1. The van der Waals surface area contributed by atoms with Crippen LogP contribution >= 0.6 is 0 Å². The zero-order valence-electron chi connectivity index (χ0n) is 18.7. The van der Waals surface area contributed by atoms with Gasteiger partial charge >= 0.3 is 11.9 Å². The van der Waals surface area contributed by atoms with Crippen molar-refractivity contribution in [3.8, 4) is 11.5 Å². The predicted octanol–water partition coefficient (Wildman–Crippen LogP) is 4.74. The van der Waals surface area contributed by atoms with Crippen LogP contribution in [0.15, 0.2) is 0 Å². The predicted molar refractivity (Wildman–Crippen MR) is 104 cm³/mol. The lowest BCUT2D eigenvalue weighted by molar-refractivity contribution is -0.137. The Morgan fingerprint density at radius 3 is 1.42 bits per heavy atom. The average molecular weight is 530 g/mol. The molecule has 0 fully saturated rings. The van der Waals surface area contributed by atoms with Gasteiger partial charge < -0.3 is 18.9 Å². The molecule has 0 amide bonds. The molecule has 14 heteroatoms. The fourth-order valence-electron chi connectivity index (χ4n) is 2.62. The Hall–Kier alpha value is -3.26. The first kappa shape index (κ1) is 29.0. The summed E-state index contributed by atoms with van der Waals surface area (Å²) in [7, 11) is 0. The number of esters is 2. The topological polar surface area (TPSA) is 71.1 Å². The van der Waals surface area contributed by atoms with Gasteiger partial charge in [0.1, 0.15) is 0 Å². The summed E-state index contributed by atoms with van der Waals surface area (Å²) in [4.78, 5) is 23.4. The molecule has 0 atom stereocenters. The van der Waals surface area contributed by atoms with E-state index < -0.39 is 93.9 Å². The molecule has 0 N–H and O–H groups in total. The molecule has 198 valence electrons. The Labute approximate surface area is 198 Å². The van der Waals surface area contributed by atoms with Gasteiger partial charge in [-0.25, -0.2) is 26.3 Å². The van der Waals surface area contributed by atoms with Gasteiger partial charge in [0.25, 0.3) is 0 Å². The highest BCUT2D eigenvalue weighted by Crippen LogP contribution is 2.31. The van der Waals surface area contributed by atoms with Gasteiger partial charge in [-0.05, 0) is 13.8 Å². The van der Waals surface area contributed by atoms with E-state index in [2.05, 4.69) is 9.47 Å². The van der Waals surface area contributed by atoms with Gasteiger partial charge in [0, 0.05) is 11.1 Å². The Balaban J connectivity index is 1.67. The maximum absolute atomic E-state index is 13.8. The molecule has 0 radical (unpaired) electrons. The molecule has 36 heavy (non-hydrogen) atoms. The number of halogens is 8. The van der Waals surface area contributed by atoms with E-state index in [1.54, 1.807) is 0 Å². The van der Waals surface area contributed by atoms with Crippen molar-refractivity contribution in [2.24, 2.45) is 0 Å². The van der Waals surface area contributed by atoms with E-state index in [-0.39, 0.29) is 26.4 Å². The van der Waals surface area contributed by atoms with Gasteiger partial charge in [-0.3, -0.25) is 9.59 Å². The maximum Gasteiger partial charge on any atom is 0.313 e. The summed E-state index contributed by atoms with van der Waals surface area (Å²) in [6.07, 6.45) is -0.991. The molecule has 0 heterocycles. The minimum atomic E-state index is -2.13. The SMILES string of the molecule is Cc1c(F)c(F)c(F)c(OC(=O)CCOCCOCCC(=O)Oc2c(C)c(F)c(F)c(F)c2F)c1F. The van der Waals surface area contributed by atoms with Gasteiger partial charge in [0.05, 0.1) is 39.3 Å². The van der Waals surface area contributed by atoms with E-state index in [9.17, 15) is 44.7 Å². The smallest absolute Gasteiger partial charge is 0.313 e. The van der Waals surface area contributed by atoms with Crippen LogP contribution in [0.4, 0.5) is 35.1 Å². The van der Waals surface area contributed by atoms with Crippen molar-refractivity contribution < 1.29 is 63.7 Å². The number of carbonyl (C=O) groups is 2. The van der Waals surface area contributed by atoms with Crippen molar-refractivity contribution in [2.75, 3.05) is 26.4 Å². The summed E-state index contributed by atoms with van der Waals surface area (Å²) in [6.45, 7) is 0.869. The van der Waals surface area contributed by atoms with E-state index >= 15 is 0 Å². The average Bonchev–Trinajstić information content (AvgIpc) is 2.85. The molecule has 2 aromatic carbocycles. The van der Waals surface area contributed by atoms with Crippen LogP contribution in [0.3, 0.4) is 0 Å². The number of hydrogen-bond acceptors (Lipinski definition) is 6. The van der Waals surface area contributed by atoms with Gasteiger partial charge in [0.2, 0.25) is 23.2 Å². The summed E-state index contributed by atoms with van der Waals surface area (Å²) in [5.74, 6) is -19.8. The quantitative estimate of drug-likeness (QED) is 0.104. The standard InChI is InChI=1S/C22H18F8O6/c1-9-13(23)17(27)20(30)22(15(9)25)36-12(32)4-6-34-8-7-33-5-3-11(31)35-21-10(2)14(24)16(26)18(28)19(21)29/h3-8H2,1-2H3. The van der Waals surface area contributed by atoms with Crippen molar-refractivity contribution in [1.82, 2.24) is 0 Å². The molecular weight excluding hydrogens is 512 g/mol. The minimum absolute atomic E-state index is 0.124. The van der Waals surface area contributed by atoms with Crippen LogP contribution in [0.25, 0.3) is 0 Å². The number of benzene rings is 2. The first-order valence-electron chi connectivity index (χ1n) is 10.1. The highest BCUT2D eigenvalue weighted by Gasteiger charge is 2.27. The third kappa shape index (κ3) is 6.69. The lowest BCUT2D eigenvalue weighted by Crippen LogP contribution is -2.17. The minimum Gasteiger partial charge on any atom is -0.423 e.